The van der Waals surface area contributed by atoms with Gasteiger partial charge in [-0.15, -0.1) is 12.4 Å². The second-order valence-electron chi connectivity index (χ2n) is 4.92. The average molecular weight is 304 g/mol. The molecular formula is C13H19ClFN3O2. The van der Waals surface area contributed by atoms with Crippen LogP contribution in [0.5, 0.6) is 0 Å². The van der Waals surface area contributed by atoms with Gasteiger partial charge in [0.15, 0.2) is 0 Å². The molecular weight excluding hydrogens is 285 g/mol. The SMILES string of the molecule is CC(=O)Nc1cc(C(=O)NC(C)(C)CN)ccc1F.Cl. The fourth-order valence-electron chi connectivity index (χ4n) is 1.38. The Hall–Kier alpha value is -1.66. The van der Waals surface area contributed by atoms with Gasteiger partial charge in [-0.25, -0.2) is 4.39 Å². The number of hydrogen-bond acceptors (Lipinski definition) is 3. The van der Waals surface area contributed by atoms with E-state index in [1.165, 1.54) is 19.1 Å². The summed E-state index contributed by atoms with van der Waals surface area (Å²) in [5.74, 6) is -1.37. The Labute approximate surface area is 123 Å². The zero-order valence-corrected chi connectivity index (χ0v) is 12.4. The highest BCUT2D eigenvalue weighted by Crippen LogP contribution is 2.16. The molecule has 0 heterocycles. The zero-order valence-electron chi connectivity index (χ0n) is 11.6. The van der Waals surface area contributed by atoms with E-state index in [1.54, 1.807) is 13.8 Å². The maximum atomic E-state index is 13.4. The van der Waals surface area contributed by atoms with Crippen LogP contribution in [0, 0.1) is 5.82 Å². The van der Waals surface area contributed by atoms with E-state index in [4.69, 9.17) is 5.73 Å². The summed E-state index contributed by atoms with van der Waals surface area (Å²) in [5.41, 5.74) is 5.20. The van der Waals surface area contributed by atoms with Gasteiger partial charge in [0.2, 0.25) is 5.91 Å². The second-order valence-corrected chi connectivity index (χ2v) is 4.92. The highest BCUT2D eigenvalue weighted by atomic mass is 35.5. The molecule has 2 amide bonds. The number of carbonyl (C=O) groups excluding carboxylic acids is 2. The van der Waals surface area contributed by atoms with Gasteiger partial charge >= 0.3 is 0 Å². The Kier molecular flexibility index (Phi) is 6.61. The van der Waals surface area contributed by atoms with Gasteiger partial charge < -0.3 is 16.4 Å². The molecule has 112 valence electrons. The Morgan fingerprint density at radius 1 is 1.35 bits per heavy atom. The van der Waals surface area contributed by atoms with E-state index in [0.29, 0.717) is 0 Å². The summed E-state index contributed by atoms with van der Waals surface area (Å²) in [4.78, 5) is 22.9. The summed E-state index contributed by atoms with van der Waals surface area (Å²) in [6, 6.07) is 3.77. The Balaban J connectivity index is 0.00000361. The summed E-state index contributed by atoms with van der Waals surface area (Å²) in [5, 5.41) is 5.05. The Bertz CT molecular complexity index is 506. The predicted octanol–water partition coefficient (Wildman–Crippen LogP) is 1.67. The quantitative estimate of drug-likeness (QED) is 0.791. The smallest absolute Gasteiger partial charge is 0.251 e. The highest BCUT2D eigenvalue weighted by molar-refractivity contribution is 5.97. The summed E-state index contributed by atoms with van der Waals surface area (Å²) < 4.78 is 13.4. The van der Waals surface area contributed by atoms with Gasteiger partial charge in [-0.3, -0.25) is 9.59 Å². The third-order valence-corrected chi connectivity index (χ3v) is 2.50. The lowest BCUT2D eigenvalue weighted by Gasteiger charge is -2.24. The Morgan fingerprint density at radius 3 is 2.45 bits per heavy atom. The van der Waals surface area contributed by atoms with Crippen LogP contribution >= 0.6 is 12.4 Å². The van der Waals surface area contributed by atoms with Crippen molar-refractivity contribution < 1.29 is 14.0 Å². The molecule has 1 aromatic rings. The first-order chi connectivity index (χ1) is 8.75. The van der Waals surface area contributed by atoms with Crippen molar-refractivity contribution in [3.63, 3.8) is 0 Å². The van der Waals surface area contributed by atoms with E-state index >= 15 is 0 Å². The lowest BCUT2D eigenvalue weighted by molar-refractivity contribution is -0.114. The van der Waals surface area contributed by atoms with Gasteiger partial charge in [-0.05, 0) is 32.0 Å². The minimum absolute atomic E-state index is 0. The molecule has 20 heavy (non-hydrogen) atoms. The molecule has 0 aliphatic rings. The van der Waals surface area contributed by atoms with Crippen LogP contribution in [0.3, 0.4) is 0 Å². The van der Waals surface area contributed by atoms with Crippen LogP contribution in [0.1, 0.15) is 31.1 Å². The van der Waals surface area contributed by atoms with Gasteiger partial charge in [0.1, 0.15) is 5.82 Å². The van der Waals surface area contributed by atoms with Crippen molar-refractivity contribution in [2.75, 3.05) is 11.9 Å². The Morgan fingerprint density at radius 2 is 1.95 bits per heavy atom. The van der Waals surface area contributed by atoms with E-state index in [9.17, 15) is 14.0 Å². The van der Waals surface area contributed by atoms with E-state index in [2.05, 4.69) is 10.6 Å². The normalized spacial score (nSPS) is 10.4. The van der Waals surface area contributed by atoms with Gasteiger partial charge in [0.05, 0.1) is 5.69 Å². The summed E-state index contributed by atoms with van der Waals surface area (Å²) in [6.45, 7) is 5.11. The molecule has 0 saturated carbocycles. The molecule has 5 nitrogen and oxygen atoms in total. The topological polar surface area (TPSA) is 84.2 Å². The van der Waals surface area contributed by atoms with E-state index in [1.807, 2.05) is 0 Å². The van der Waals surface area contributed by atoms with Gasteiger partial charge in [-0.2, -0.15) is 0 Å². The third-order valence-electron chi connectivity index (χ3n) is 2.50. The van der Waals surface area contributed by atoms with Gasteiger partial charge in [0, 0.05) is 24.6 Å². The summed E-state index contributed by atoms with van der Waals surface area (Å²) in [6.07, 6.45) is 0. The van der Waals surface area contributed by atoms with Crippen LogP contribution in [-0.2, 0) is 4.79 Å². The fraction of sp³-hybridized carbons (Fsp3) is 0.385. The lowest BCUT2D eigenvalue weighted by atomic mass is 10.0. The van der Waals surface area contributed by atoms with Crippen molar-refractivity contribution in [2.45, 2.75) is 26.3 Å². The number of hydrogen-bond donors (Lipinski definition) is 3. The van der Waals surface area contributed by atoms with Crippen molar-refractivity contribution in [1.82, 2.24) is 5.32 Å². The molecule has 0 unspecified atom stereocenters. The van der Waals surface area contributed by atoms with E-state index in [0.717, 1.165) is 6.07 Å². The number of carbonyl (C=O) groups is 2. The van der Waals surface area contributed by atoms with E-state index in [-0.39, 0.29) is 36.1 Å². The molecule has 0 aliphatic carbocycles. The monoisotopic (exact) mass is 303 g/mol. The zero-order chi connectivity index (χ0) is 14.6. The molecule has 1 rings (SSSR count). The number of rotatable bonds is 4. The summed E-state index contributed by atoms with van der Waals surface area (Å²) in [7, 11) is 0. The second kappa shape index (κ2) is 7.21. The first-order valence-electron chi connectivity index (χ1n) is 5.85. The number of amides is 2. The maximum Gasteiger partial charge on any atom is 0.251 e. The molecule has 0 bridgehead atoms. The fourth-order valence-corrected chi connectivity index (χ4v) is 1.38. The molecule has 0 aromatic heterocycles. The van der Waals surface area contributed by atoms with Gasteiger partial charge in [0.25, 0.3) is 5.91 Å². The van der Waals surface area contributed by atoms with Crippen molar-refractivity contribution in [3.05, 3.63) is 29.6 Å². The van der Waals surface area contributed by atoms with Crippen molar-refractivity contribution in [1.29, 1.82) is 0 Å². The van der Waals surface area contributed by atoms with Crippen molar-refractivity contribution >= 4 is 29.9 Å². The first kappa shape index (κ1) is 18.3. The van der Waals surface area contributed by atoms with E-state index < -0.39 is 17.3 Å². The molecule has 0 saturated heterocycles. The third kappa shape index (κ3) is 5.14. The minimum Gasteiger partial charge on any atom is -0.346 e. The number of anilines is 1. The number of halogens is 2. The minimum atomic E-state index is -0.593. The molecule has 0 spiro atoms. The van der Waals surface area contributed by atoms with Crippen LogP contribution in [-0.4, -0.2) is 23.9 Å². The molecule has 0 aliphatic heterocycles. The average Bonchev–Trinajstić information content (AvgIpc) is 2.30. The van der Waals surface area contributed by atoms with Crippen LogP contribution in [0.25, 0.3) is 0 Å². The number of benzene rings is 1. The number of nitrogens with two attached hydrogens (primary N) is 1. The van der Waals surface area contributed by atoms with Crippen LogP contribution < -0.4 is 16.4 Å². The maximum absolute atomic E-state index is 13.4. The standard InChI is InChI=1S/C13H18FN3O2.ClH/c1-8(18)16-11-6-9(4-5-10(11)14)12(19)17-13(2,3)7-15;/h4-6H,7,15H2,1-3H3,(H,16,18)(H,17,19);1H. The molecule has 0 radical (unpaired) electrons. The summed E-state index contributed by atoms with van der Waals surface area (Å²) >= 11 is 0. The number of nitrogens with one attached hydrogen (secondary N) is 2. The molecule has 4 N–H and O–H groups in total. The van der Waals surface area contributed by atoms with Crippen LogP contribution in [0.15, 0.2) is 18.2 Å². The predicted molar refractivity (Wildman–Crippen MR) is 78.6 cm³/mol. The lowest BCUT2D eigenvalue weighted by Crippen LogP contribution is -2.48. The van der Waals surface area contributed by atoms with Crippen LogP contribution in [0.4, 0.5) is 10.1 Å². The van der Waals surface area contributed by atoms with Crippen molar-refractivity contribution in [3.8, 4) is 0 Å². The highest BCUT2D eigenvalue weighted by Gasteiger charge is 2.20. The molecule has 1 aromatic carbocycles. The molecule has 7 heteroatoms. The molecule has 0 fully saturated rings. The first-order valence-corrected chi connectivity index (χ1v) is 5.85. The largest absolute Gasteiger partial charge is 0.346 e. The van der Waals surface area contributed by atoms with Crippen molar-refractivity contribution in [2.24, 2.45) is 5.73 Å². The van der Waals surface area contributed by atoms with Gasteiger partial charge in [-0.1, -0.05) is 0 Å². The van der Waals surface area contributed by atoms with Crippen LogP contribution in [0.2, 0.25) is 0 Å². The molecule has 0 atom stereocenters.